The highest BCUT2D eigenvalue weighted by Crippen LogP contribution is 2.26. The molecule has 0 radical (unpaired) electrons. The molecular weight excluding hydrogens is 281 g/mol. The van der Waals surface area contributed by atoms with E-state index in [2.05, 4.69) is 20.9 Å². The summed E-state index contributed by atoms with van der Waals surface area (Å²) in [4.78, 5) is 3.95. The first-order valence-corrected chi connectivity index (χ1v) is 5.93. The largest absolute Gasteiger partial charge is 0.382 e. The van der Waals surface area contributed by atoms with Gasteiger partial charge in [-0.3, -0.25) is 0 Å². The average Bonchev–Trinajstić information content (AvgIpc) is 2.74. The number of halogens is 2. The highest BCUT2D eigenvalue weighted by molar-refractivity contribution is 9.10. The molecule has 0 aliphatic carbocycles. The molecule has 1 atom stereocenters. The maximum atomic E-state index is 13.4. The minimum absolute atomic E-state index is 0.232. The number of hydrogen-bond donors (Lipinski definition) is 1. The van der Waals surface area contributed by atoms with E-state index >= 15 is 0 Å². The van der Waals surface area contributed by atoms with Crippen LogP contribution >= 0.6 is 27.3 Å². The Morgan fingerprint density at radius 1 is 1.47 bits per heavy atom. The molecule has 5 heteroatoms. The molecule has 0 aliphatic heterocycles. The number of rotatable bonds is 2. The Hall–Kier alpha value is -0.780. The van der Waals surface area contributed by atoms with E-state index in [0.29, 0.717) is 5.69 Å². The van der Waals surface area contributed by atoms with Crippen LogP contribution in [0, 0.1) is 5.82 Å². The van der Waals surface area contributed by atoms with E-state index in [1.165, 1.54) is 17.4 Å². The molecule has 2 rings (SSSR count). The van der Waals surface area contributed by atoms with Crippen molar-refractivity contribution in [3.8, 4) is 0 Å². The molecule has 15 heavy (non-hydrogen) atoms. The van der Waals surface area contributed by atoms with E-state index in [4.69, 9.17) is 0 Å². The molecule has 78 valence electrons. The molecule has 1 unspecified atom stereocenters. The summed E-state index contributed by atoms with van der Waals surface area (Å²) in [6, 6.07) is 4.46. The number of aromatic nitrogens is 1. The van der Waals surface area contributed by atoms with Gasteiger partial charge in [-0.05, 0) is 18.2 Å². The summed E-state index contributed by atoms with van der Waals surface area (Å²) in [5, 5.41) is 11.6. The maximum Gasteiger partial charge on any atom is 0.129 e. The maximum absolute atomic E-state index is 13.4. The lowest BCUT2D eigenvalue weighted by molar-refractivity contribution is 0.210. The van der Waals surface area contributed by atoms with Gasteiger partial charge < -0.3 is 5.11 Å². The fourth-order valence-corrected chi connectivity index (χ4v) is 2.19. The summed E-state index contributed by atoms with van der Waals surface area (Å²) in [6.45, 7) is 0. The number of aliphatic hydroxyl groups is 1. The fraction of sp³-hybridized carbons (Fsp3) is 0.100. The van der Waals surface area contributed by atoms with Gasteiger partial charge >= 0.3 is 0 Å². The number of thiazole rings is 1. The smallest absolute Gasteiger partial charge is 0.129 e. The van der Waals surface area contributed by atoms with Crippen LogP contribution in [0.15, 0.2) is 33.6 Å². The van der Waals surface area contributed by atoms with Gasteiger partial charge in [0.2, 0.25) is 0 Å². The van der Waals surface area contributed by atoms with Crippen LogP contribution in [0.25, 0.3) is 0 Å². The summed E-state index contributed by atoms with van der Waals surface area (Å²) < 4.78 is 14.1. The standard InChI is InChI=1S/C10H7BrFNOS/c11-6-1-2-8(12)7(3-6)10(14)9-4-15-5-13-9/h1-5,10,14H. The molecule has 1 N–H and O–H groups in total. The molecule has 0 saturated heterocycles. The average molecular weight is 288 g/mol. The normalized spacial score (nSPS) is 12.7. The van der Waals surface area contributed by atoms with Gasteiger partial charge in [0.25, 0.3) is 0 Å². The van der Waals surface area contributed by atoms with Gasteiger partial charge in [-0.2, -0.15) is 0 Å². The monoisotopic (exact) mass is 287 g/mol. The Balaban J connectivity index is 2.41. The second-order valence-corrected chi connectivity index (χ2v) is 4.62. The quantitative estimate of drug-likeness (QED) is 0.921. The van der Waals surface area contributed by atoms with Crippen molar-refractivity contribution >= 4 is 27.3 Å². The third-order valence-corrected chi connectivity index (χ3v) is 3.08. The molecule has 0 saturated carbocycles. The van der Waals surface area contributed by atoms with Crippen molar-refractivity contribution in [3.05, 3.63) is 50.6 Å². The van der Waals surface area contributed by atoms with Gasteiger partial charge in [0.1, 0.15) is 11.9 Å². The van der Waals surface area contributed by atoms with E-state index in [-0.39, 0.29) is 5.56 Å². The summed E-state index contributed by atoms with van der Waals surface area (Å²) in [5.74, 6) is -0.432. The summed E-state index contributed by atoms with van der Waals surface area (Å²) >= 11 is 4.60. The molecule has 0 amide bonds. The summed E-state index contributed by atoms with van der Waals surface area (Å²) in [6.07, 6.45) is -1.01. The lowest BCUT2D eigenvalue weighted by Gasteiger charge is -2.09. The van der Waals surface area contributed by atoms with Crippen molar-refractivity contribution in [1.82, 2.24) is 4.98 Å². The van der Waals surface area contributed by atoms with Crippen LogP contribution in [0.1, 0.15) is 17.4 Å². The van der Waals surface area contributed by atoms with Gasteiger partial charge in [-0.1, -0.05) is 15.9 Å². The van der Waals surface area contributed by atoms with E-state index in [1.54, 1.807) is 23.0 Å². The Kier molecular flexibility index (Phi) is 3.14. The SMILES string of the molecule is OC(c1cscn1)c1cc(Br)ccc1F. The highest BCUT2D eigenvalue weighted by atomic mass is 79.9. The number of aliphatic hydroxyl groups excluding tert-OH is 1. The second-order valence-electron chi connectivity index (χ2n) is 2.98. The van der Waals surface area contributed by atoms with Crippen LogP contribution in [0.3, 0.4) is 0 Å². The van der Waals surface area contributed by atoms with Crippen LogP contribution in [-0.2, 0) is 0 Å². The molecular formula is C10H7BrFNOS. The molecule has 1 aromatic carbocycles. The minimum Gasteiger partial charge on any atom is -0.382 e. The lowest BCUT2D eigenvalue weighted by Crippen LogP contribution is -2.02. The summed E-state index contributed by atoms with van der Waals surface area (Å²) in [5.41, 5.74) is 2.31. The Morgan fingerprint density at radius 2 is 2.27 bits per heavy atom. The van der Waals surface area contributed by atoms with Crippen molar-refractivity contribution in [3.63, 3.8) is 0 Å². The van der Waals surface area contributed by atoms with E-state index < -0.39 is 11.9 Å². The van der Waals surface area contributed by atoms with Crippen LogP contribution in [0.2, 0.25) is 0 Å². The fourth-order valence-electron chi connectivity index (χ4n) is 1.24. The first-order chi connectivity index (χ1) is 7.18. The van der Waals surface area contributed by atoms with Crippen LogP contribution < -0.4 is 0 Å². The first-order valence-electron chi connectivity index (χ1n) is 4.19. The van der Waals surface area contributed by atoms with E-state index in [9.17, 15) is 9.50 Å². The van der Waals surface area contributed by atoms with Crippen molar-refractivity contribution in [2.75, 3.05) is 0 Å². The number of nitrogens with zero attached hydrogens (tertiary/aromatic N) is 1. The lowest BCUT2D eigenvalue weighted by atomic mass is 10.1. The Bertz CT molecular complexity index is 460. The van der Waals surface area contributed by atoms with Crippen molar-refractivity contribution in [1.29, 1.82) is 0 Å². The molecule has 0 fully saturated rings. The topological polar surface area (TPSA) is 33.1 Å². The number of hydrogen-bond acceptors (Lipinski definition) is 3. The van der Waals surface area contributed by atoms with Crippen molar-refractivity contribution in [2.45, 2.75) is 6.10 Å². The van der Waals surface area contributed by atoms with Crippen molar-refractivity contribution < 1.29 is 9.50 Å². The molecule has 1 aromatic heterocycles. The van der Waals surface area contributed by atoms with Gasteiger partial charge in [-0.15, -0.1) is 11.3 Å². The van der Waals surface area contributed by atoms with Gasteiger partial charge in [0.15, 0.2) is 0 Å². The zero-order chi connectivity index (χ0) is 10.8. The second kappa shape index (κ2) is 4.38. The Morgan fingerprint density at radius 3 is 2.93 bits per heavy atom. The Labute approximate surface area is 98.5 Å². The van der Waals surface area contributed by atoms with Crippen molar-refractivity contribution in [2.24, 2.45) is 0 Å². The van der Waals surface area contributed by atoms with E-state index in [1.807, 2.05) is 0 Å². The van der Waals surface area contributed by atoms with E-state index in [0.717, 1.165) is 4.47 Å². The third kappa shape index (κ3) is 2.25. The molecule has 0 bridgehead atoms. The van der Waals surface area contributed by atoms with Crippen LogP contribution in [-0.4, -0.2) is 10.1 Å². The minimum atomic E-state index is -1.01. The molecule has 2 aromatic rings. The molecule has 2 nitrogen and oxygen atoms in total. The highest BCUT2D eigenvalue weighted by Gasteiger charge is 2.16. The molecule has 0 spiro atoms. The van der Waals surface area contributed by atoms with Gasteiger partial charge in [-0.25, -0.2) is 9.37 Å². The zero-order valence-corrected chi connectivity index (χ0v) is 9.93. The van der Waals surface area contributed by atoms with Crippen LogP contribution in [0.5, 0.6) is 0 Å². The van der Waals surface area contributed by atoms with Gasteiger partial charge in [0.05, 0.1) is 11.2 Å². The summed E-state index contributed by atoms with van der Waals surface area (Å²) in [7, 11) is 0. The predicted molar refractivity (Wildman–Crippen MR) is 60.3 cm³/mol. The van der Waals surface area contributed by atoms with Gasteiger partial charge in [0, 0.05) is 15.4 Å². The first kappa shape index (κ1) is 10.7. The molecule has 1 heterocycles. The van der Waals surface area contributed by atoms with Crippen LogP contribution in [0.4, 0.5) is 4.39 Å². The predicted octanol–water partition coefficient (Wildman–Crippen LogP) is 3.13. The molecule has 0 aliphatic rings. The number of benzene rings is 1. The zero-order valence-electron chi connectivity index (χ0n) is 7.52. The third-order valence-electron chi connectivity index (χ3n) is 1.98.